The van der Waals surface area contributed by atoms with Gasteiger partial charge in [0.1, 0.15) is 24.0 Å². The minimum absolute atomic E-state index is 0.0146. The SMILES string of the molecule is CO[C@@H]1[C@H]2OC(C)(C)O[C@H]2O[C@@H]1c1cc(-c2ccc([N+](=O)[O-])cc2)no1. The first kappa shape index (κ1) is 17.1. The molecule has 0 amide bonds. The molecule has 9 nitrogen and oxygen atoms in total. The lowest BCUT2D eigenvalue weighted by atomic mass is 10.1. The fraction of sp³-hybridized carbons (Fsp3) is 0.471. The van der Waals surface area contributed by atoms with Gasteiger partial charge in [-0.2, -0.15) is 0 Å². The van der Waals surface area contributed by atoms with Crippen molar-refractivity contribution >= 4 is 5.69 Å². The second-order valence-corrected chi connectivity index (χ2v) is 6.64. The molecule has 26 heavy (non-hydrogen) atoms. The van der Waals surface area contributed by atoms with E-state index >= 15 is 0 Å². The van der Waals surface area contributed by atoms with Crippen molar-refractivity contribution in [2.24, 2.45) is 0 Å². The van der Waals surface area contributed by atoms with Gasteiger partial charge < -0.3 is 23.5 Å². The lowest BCUT2D eigenvalue weighted by Crippen LogP contribution is -2.32. The minimum Gasteiger partial charge on any atom is -0.375 e. The Bertz CT molecular complexity index is 817. The van der Waals surface area contributed by atoms with Crippen molar-refractivity contribution in [1.82, 2.24) is 5.16 Å². The molecular weight excluding hydrogens is 344 g/mol. The fourth-order valence-electron chi connectivity index (χ4n) is 3.28. The molecule has 1 aromatic heterocycles. The number of nitro benzene ring substituents is 1. The molecule has 3 heterocycles. The molecule has 1 aromatic carbocycles. The highest BCUT2D eigenvalue weighted by molar-refractivity contribution is 5.60. The first-order chi connectivity index (χ1) is 12.4. The summed E-state index contributed by atoms with van der Waals surface area (Å²) in [4.78, 5) is 10.3. The van der Waals surface area contributed by atoms with E-state index in [2.05, 4.69) is 5.16 Å². The zero-order valence-electron chi connectivity index (χ0n) is 14.4. The number of hydrogen-bond acceptors (Lipinski definition) is 8. The normalized spacial score (nSPS) is 29.7. The summed E-state index contributed by atoms with van der Waals surface area (Å²) in [6, 6.07) is 7.80. The van der Waals surface area contributed by atoms with Crippen molar-refractivity contribution in [3.63, 3.8) is 0 Å². The van der Waals surface area contributed by atoms with Crippen molar-refractivity contribution in [1.29, 1.82) is 0 Å². The average molecular weight is 362 g/mol. The standard InChI is InChI=1S/C17H18N2O7/c1-17(2)24-15-14(22-3)13(23-16(15)25-17)12-8-11(18-26-12)9-4-6-10(7-5-9)19(20)21/h4-8,13-16H,1-3H3/t13-,14+,15-,16-/m1/s1. The van der Waals surface area contributed by atoms with E-state index in [1.54, 1.807) is 25.3 Å². The summed E-state index contributed by atoms with van der Waals surface area (Å²) in [5.74, 6) is -0.257. The molecule has 0 N–H and O–H groups in total. The van der Waals surface area contributed by atoms with Crippen LogP contribution in [0, 0.1) is 10.1 Å². The van der Waals surface area contributed by atoms with E-state index in [1.807, 2.05) is 13.8 Å². The smallest absolute Gasteiger partial charge is 0.269 e. The first-order valence-corrected chi connectivity index (χ1v) is 8.13. The van der Waals surface area contributed by atoms with Gasteiger partial charge in [0.05, 0.1) is 4.92 Å². The third-order valence-electron chi connectivity index (χ3n) is 4.45. The van der Waals surface area contributed by atoms with Crippen LogP contribution in [-0.2, 0) is 18.9 Å². The molecule has 0 radical (unpaired) electrons. The maximum Gasteiger partial charge on any atom is 0.269 e. The van der Waals surface area contributed by atoms with Gasteiger partial charge in [-0.3, -0.25) is 10.1 Å². The minimum atomic E-state index is -0.734. The highest BCUT2D eigenvalue weighted by Crippen LogP contribution is 2.44. The number of benzene rings is 1. The number of ether oxygens (including phenoxy) is 4. The molecule has 2 fully saturated rings. The van der Waals surface area contributed by atoms with Gasteiger partial charge in [0, 0.05) is 30.9 Å². The molecule has 0 unspecified atom stereocenters. The van der Waals surface area contributed by atoms with Gasteiger partial charge >= 0.3 is 0 Å². The Morgan fingerprint density at radius 1 is 1.23 bits per heavy atom. The summed E-state index contributed by atoms with van der Waals surface area (Å²) in [6.07, 6.45) is -1.84. The number of nitrogens with zero attached hydrogens (tertiary/aromatic N) is 2. The highest BCUT2D eigenvalue weighted by Gasteiger charge is 2.56. The van der Waals surface area contributed by atoms with Gasteiger partial charge in [0.25, 0.3) is 5.69 Å². The van der Waals surface area contributed by atoms with E-state index in [1.165, 1.54) is 12.1 Å². The lowest BCUT2D eigenvalue weighted by Gasteiger charge is -2.23. The summed E-state index contributed by atoms with van der Waals surface area (Å²) in [5.41, 5.74) is 1.26. The van der Waals surface area contributed by atoms with Crippen LogP contribution in [0.25, 0.3) is 11.3 Å². The average Bonchev–Trinajstić information content (AvgIpc) is 3.26. The molecule has 4 atom stereocenters. The lowest BCUT2D eigenvalue weighted by molar-refractivity contribution is -0.384. The highest BCUT2D eigenvalue weighted by atomic mass is 16.8. The number of rotatable bonds is 4. The summed E-state index contributed by atoms with van der Waals surface area (Å²) in [6.45, 7) is 3.63. The van der Waals surface area contributed by atoms with E-state index in [-0.39, 0.29) is 11.8 Å². The van der Waals surface area contributed by atoms with Gasteiger partial charge in [-0.05, 0) is 26.0 Å². The Hall–Kier alpha value is -2.33. The summed E-state index contributed by atoms with van der Waals surface area (Å²) >= 11 is 0. The fourth-order valence-corrected chi connectivity index (χ4v) is 3.28. The van der Waals surface area contributed by atoms with Gasteiger partial charge in [-0.1, -0.05) is 5.16 Å². The second-order valence-electron chi connectivity index (χ2n) is 6.64. The molecule has 0 bridgehead atoms. The molecule has 4 rings (SSSR count). The Morgan fingerprint density at radius 3 is 2.62 bits per heavy atom. The third kappa shape index (κ3) is 2.88. The van der Waals surface area contributed by atoms with Crippen molar-refractivity contribution in [2.75, 3.05) is 7.11 Å². The summed E-state index contributed by atoms with van der Waals surface area (Å²) in [7, 11) is 1.58. The van der Waals surface area contributed by atoms with E-state index in [0.717, 1.165) is 0 Å². The van der Waals surface area contributed by atoms with E-state index < -0.39 is 29.2 Å². The van der Waals surface area contributed by atoms with Crippen LogP contribution >= 0.6 is 0 Å². The van der Waals surface area contributed by atoms with Gasteiger partial charge in [0.2, 0.25) is 0 Å². The molecule has 0 saturated carbocycles. The van der Waals surface area contributed by atoms with Crippen LogP contribution in [0.15, 0.2) is 34.9 Å². The van der Waals surface area contributed by atoms with E-state index in [4.69, 9.17) is 23.5 Å². The predicted octanol–water partition coefficient (Wildman–Crippen LogP) is 2.81. The number of fused-ring (bicyclic) bond motifs is 1. The summed E-state index contributed by atoms with van der Waals surface area (Å²) in [5, 5.41) is 14.8. The van der Waals surface area contributed by atoms with E-state index in [9.17, 15) is 10.1 Å². The van der Waals surface area contributed by atoms with Crippen LogP contribution in [0.5, 0.6) is 0 Å². The Balaban J connectivity index is 1.56. The maximum absolute atomic E-state index is 10.8. The molecule has 138 valence electrons. The molecule has 9 heteroatoms. The molecule has 2 aliphatic rings. The predicted molar refractivity (Wildman–Crippen MR) is 87.0 cm³/mol. The molecule has 2 saturated heterocycles. The van der Waals surface area contributed by atoms with Crippen LogP contribution in [0.2, 0.25) is 0 Å². The molecule has 2 aliphatic heterocycles. The molecular formula is C17H18N2O7. The van der Waals surface area contributed by atoms with Crippen LogP contribution in [0.3, 0.4) is 0 Å². The third-order valence-corrected chi connectivity index (χ3v) is 4.45. The van der Waals surface area contributed by atoms with Crippen LogP contribution in [0.4, 0.5) is 5.69 Å². The van der Waals surface area contributed by atoms with Crippen LogP contribution in [0.1, 0.15) is 25.7 Å². The van der Waals surface area contributed by atoms with Gasteiger partial charge in [-0.25, -0.2) is 0 Å². The number of aromatic nitrogens is 1. The Morgan fingerprint density at radius 2 is 1.96 bits per heavy atom. The van der Waals surface area contributed by atoms with E-state index in [0.29, 0.717) is 17.0 Å². The second kappa shape index (κ2) is 6.13. The topological polar surface area (TPSA) is 106 Å². The van der Waals surface area contributed by atoms with Crippen molar-refractivity contribution in [3.8, 4) is 11.3 Å². The van der Waals surface area contributed by atoms with Crippen LogP contribution < -0.4 is 0 Å². The molecule has 0 spiro atoms. The number of nitro groups is 1. The zero-order valence-corrected chi connectivity index (χ0v) is 14.4. The largest absolute Gasteiger partial charge is 0.375 e. The number of non-ortho nitro benzene ring substituents is 1. The van der Waals surface area contributed by atoms with Crippen molar-refractivity contribution < 1.29 is 28.4 Å². The number of methoxy groups -OCH3 is 1. The first-order valence-electron chi connectivity index (χ1n) is 8.13. The monoisotopic (exact) mass is 362 g/mol. The van der Waals surface area contributed by atoms with Gasteiger partial charge in [0.15, 0.2) is 17.8 Å². The Kier molecular flexibility index (Phi) is 4.03. The van der Waals surface area contributed by atoms with Crippen LogP contribution in [-0.4, -0.2) is 41.5 Å². The summed E-state index contributed by atoms with van der Waals surface area (Å²) < 4.78 is 28.5. The Labute approximate surface area is 148 Å². The van der Waals surface area contributed by atoms with Crippen molar-refractivity contribution in [3.05, 3.63) is 46.2 Å². The van der Waals surface area contributed by atoms with Crippen molar-refractivity contribution in [2.45, 2.75) is 44.2 Å². The number of hydrogen-bond donors (Lipinski definition) is 0. The quantitative estimate of drug-likeness (QED) is 0.604. The molecule has 2 aromatic rings. The molecule has 0 aliphatic carbocycles. The zero-order chi connectivity index (χ0) is 18.5. The van der Waals surface area contributed by atoms with Gasteiger partial charge in [-0.15, -0.1) is 0 Å². The maximum atomic E-state index is 10.8.